The number of hydrogen-bond donors (Lipinski definition) is 2. The van der Waals surface area contributed by atoms with Gasteiger partial charge >= 0.3 is 5.97 Å². The summed E-state index contributed by atoms with van der Waals surface area (Å²) in [5, 5.41) is 3.15. The molecule has 7 heteroatoms. The molecule has 1 aromatic heterocycles. The largest absolute Gasteiger partial charge is 0.462 e. The number of nitrogens with one attached hydrogen (secondary N) is 2. The van der Waals surface area contributed by atoms with E-state index in [1.807, 2.05) is 0 Å². The van der Waals surface area contributed by atoms with Crippen molar-refractivity contribution in [3.8, 4) is 0 Å². The van der Waals surface area contributed by atoms with Gasteiger partial charge in [0, 0.05) is 30.9 Å². The summed E-state index contributed by atoms with van der Waals surface area (Å²) in [5.74, 6) is -0.542. The van der Waals surface area contributed by atoms with Gasteiger partial charge in [-0.05, 0) is 39.2 Å². The SMILES string of the molecule is CCOC(=O)c1c(C)[nH]c(C(=O)NCC2(N3CCOCC3)CCCCC2)c1C. The van der Waals surface area contributed by atoms with E-state index < -0.39 is 0 Å². The van der Waals surface area contributed by atoms with Gasteiger partial charge in [-0.25, -0.2) is 4.79 Å². The quantitative estimate of drug-likeness (QED) is 0.728. The zero-order valence-electron chi connectivity index (χ0n) is 17.4. The van der Waals surface area contributed by atoms with Crippen LogP contribution < -0.4 is 5.32 Å². The van der Waals surface area contributed by atoms with Crippen molar-refractivity contribution in [3.63, 3.8) is 0 Å². The van der Waals surface area contributed by atoms with Gasteiger partial charge in [0.1, 0.15) is 5.69 Å². The number of aryl methyl sites for hydroxylation is 1. The van der Waals surface area contributed by atoms with E-state index in [0.717, 1.165) is 39.1 Å². The van der Waals surface area contributed by atoms with Crippen LogP contribution in [-0.4, -0.2) is 66.8 Å². The molecule has 1 aliphatic heterocycles. The van der Waals surface area contributed by atoms with Gasteiger partial charge in [-0.3, -0.25) is 9.69 Å². The zero-order valence-corrected chi connectivity index (χ0v) is 17.4. The molecule has 3 rings (SSSR count). The van der Waals surface area contributed by atoms with E-state index in [9.17, 15) is 9.59 Å². The van der Waals surface area contributed by atoms with Crippen molar-refractivity contribution in [1.82, 2.24) is 15.2 Å². The van der Waals surface area contributed by atoms with Crippen LogP contribution in [0.25, 0.3) is 0 Å². The van der Waals surface area contributed by atoms with E-state index >= 15 is 0 Å². The van der Waals surface area contributed by atoms with Crippen molar-refractivity contribution >= 4 is 11.9 Å². The number of H-pyrrole nitrogens is 1. The van der Waals surface area contributed by atoms with Gasteiger partial charge in [-0.1, -0.05) is 19.3 Å². The molecule has 7 nitrogen and oxygen atoms in total. The Hall–Kier alpha value is -1.86. The van der Waals surface area contributed by atoms with E-state index in [0.29, 0.717) is 35.7 Å². The maximum atomic E-state index is 12.9. The monoisotopic (exact) mass is 391 g/mol. The molecule has 2 aliphatic rings. The van der Waals surface area contributed by atoms with E-state index in [1.165, 1.54) is 19.3 Å². The summed E-state index contributed by atoms with van der Waals surface area (Å²) < 4.78 is 10.7. The highest BCUT2D eigenvalue weighted by Crippen LogP contribution is 2.34. The van der Waals surface area contributed by atoms with Crippen molar-refractivity contribution in [2.75, 3.05) is 39.5 Å². The van der Waals surface area contributed by atoms with Crippen LogP contribution in [0.4, 0.5) is 0 Å². The Morgan fingerprint density at radius 1 is 1.18 bits per heavy atom. The Bertz CT molecular complexity index is 701. The van der Waals surface area contributed by atoms with Gasteiger partial charge in [0.2, 0.25) is 0 Å². The molecule has 0 spiro atoms. The molecule has 1 aromatic rings. The first-order chi connectivity index (χ1) is 13.5. The van der Waals surface area contributed by atoms with Crippen LogP contribution in [0.3, 0.4) is 0 Å². The predicted octanol–water partition coefficient (Wildman–Crippen LogP) is 2.57. The summed E-state index contributed by atoms with van der Waals surface area (Å²) in [6.07, 6.45) is 5.85. The van der Waals surface area contributed by atoms with Crippen LogP contribution in [0, 0.1) is 13.8 Å². The number of ether oxygens (including phenoxy) is 2. The van der Waals surface area contributed by atoms with Gasteiger partial charge < -0.3 is 19.8 Å². The van der Waals surface area contributed by atoms with Crippen LogP contribution in [0.1, 0.15) is 71.1 Å². The minimum atomic E-state index is -0.384. The third-order valence-corrected chi connectivity index (χ3v) is 6.19. The molecule has 1 saturated carbocycles. The number of esters is 1. The summed E-state index contributed by atoms with van der Waals surface area (Å²) in [4.78, 5) is 30.7. The summed E-state index contributed by atoms with van der Waals surface area (Å²) in [6, 6.07) is 0. The fourth-order valence-electron chi connectivity index (χ4n) is 4.67. The molecule has 0 bridgehead atoms. The Labute approximate surface area is 167 Å². The van der Waals surface area contributed by atoms with E-state index in [-0.39, 0.29) is 17.4 Å². The van der Waals surface area contributed by atoms with Gasteiger partial charge in [0.15, 0.2) is 0 Å². The average molecular weight is 392 g/mol. The van der Waals surface area contributed by atoms with Crippen LogP contribution in [0.2, 0.25) is 0 Å². The molecule has 0 radical (unpaired) electrons. The first kappa shape index (κ1) is 20.9. The van der Waals surface area contributed by atoms with Gasteiger partial charge in [-0.2, -0.15) is 0 Å². The second-order valence-corrected chi connectivity index (χ2v) is 7.91. The number of rotatable bonds is 6. The number of carbonyl (C=O) groups excluding carboxylic acids is 2. The average Bonchev–Trinajstić information content (AvgIpc) is 3.02. The number of morpholine rings is 1. The molecule has 2 heterocycles. The standard InChI is InChI=1S/C21H33N3O4/c1-4-28-20(26)17-15(2)18(23-16(17)3)19(25)22-14-21(8-6-5-7-9-21)24-10-12-27-13-11-24/h23H,4-14H2,1-3H3,(H,22,25). The van der Waals surface area contributed by atoms with Crippen molar-refractivity contribution in [2.24, 2.45) is 0 Å². The lowest BCUT2D eigenvalue weighted by atomic mass is 9.79. The number of amides is 1. The maximum Gasteiger partial charge on any atom is 0.340 e. The molecule has 0 aromatic carbocycles. The number of nitrogens with zero attached hydrogens (tertiary/aromatic N) is 1. The minimum Gasteiger partial charge on any atom is -0.462 e. The summed E-state index contributed by atoms with van der Waals surface area (Å²) in [5.41, 5.74) is 2.25. The van der Waals surface area contributed by atoms with Crippen molar-refractivity contribution < 1.29 is 19.1 Å². The third-order valence-electron chi connectivity index (χ3n) is 6.19. The molecule has 2 N–H and O–H groups in total. The fraction of sp³-hybridized carbons (Fsp3) is 0.714. The van der Waals surface area contributed by atoms with Gasteiger partial charge in [-0.15, -0.1) is 0 Å². The molecule has 28 heavy (non-hydrogen) atoms. The van der Waals surface area contributed by atoms with E-state index in [2.05, 4.69) is 15.2 Å². The highest BCUT2D eigenvalue weighted by Gasteiger charge is 2.39. The molecular weight excluding hydrogens is 358 g/mol. The first-order valence-electron chi connectivity index (χ1n) is 10.5. The van der Waals surface area contributed by atoms with Crippen molar-refractivity contribution in [3.05, 3.63) is 22.5 Å². The summed E-state index contributed by atoms with van der Waals surface area (Å²) in [7, 11) is 0. The van der Waals surface area contributed by atoms with Crippen LogP contribution in [-0.2, 0) is 9.47 Å². The topological polar surface area (TPSA) is 83.7 Å². The predicted molar refractivity (Wildman–Crippen MR) is 107 cm³/mol. The molecule has 0 unspecified atom stereocenters. The Kier molecular flexibility index (Phi) is 6.78. The lowest BCUT2D eigenvalue weighted by molar-refractivity contribution is -0.0361. The second-order valence-electron chi connectivity index (χ2n) is 7.91. The summed E-state index contributed by atoms with van der Waals surface area (Å²) >= 11 is 0. The fourth-order valence-corrected chi connectivity index (χ4v) is 4.67. The third kappa shape index (κ3) is 4.25. The highest BCUT2D eigenvalue weighted by atomic mass is 16.5. The Morgan fingerprint density at radius 3 is 2.50 bits per heavy atom. The van der Waals surface area contributed by atoms with Crippen LogP contribution in [0.5, 0.6) is 0 Å². The normalized spacial score (nSPS) is 20.0. The molecule has 1 aliphatic carbocycles. The second kappa shape index (κ2) is 9.09. The maximum absolute atomic E-state index is 12.9. The van der Waals surface area contributed by atoms with E-state index in [4.69, 9.17) is 9.47 Å². The first-order valence-corrected chi connectivity index (χ1v) is 10.5. The molecule has 156 valence electrons. The van der Waals surface area contributed by atoms with E-state index in [1.54, 1.807) is 20.8 Å². The lowest BCUT2D eigenvalue weighted by Gasteiger charge is -2.48. The molecule has 2 fully saturated rings. The number of aromatic amines is 1. The molecular formula is C21H33N3O4. The van der Waals surface area contributed by atoms with Crippen molar-refractivity contribution in [1.29, 1.82) is 0 Å². The van der Waals surface area contributed by atoms with Gasteiger partial charge in [0.25, 0.3) is 5.91 Å². The molecule has 1 saturated heterocycles. The van der Waals surface area contributed by atoms with Crippen LogP contribution in [0.15, 0.2) is 0 Å². The summed E-state index contributed by atoms with van der Waals surface area (Å²) in [6.45, 7) is 9.66. The van der Waals surface area contributed by atoms with Crippen LogP contribution >= 0.6 is 0 Å². The molecule has 1 amide bonds. The smallest absolute Gasteiger partial charge is 0.340 e. The highest BCUT2D eigenvalue weighted by molar-refractivity contribution is 6.00. The molecule has 0 atom stereocenters. The van der Waals surface area contributed by atoms with Gasteiger partial charge in [0.05, 0.1) is 25.4 Å². The minimum absolute atomic E-state index is 0.0111. The Morgan fingerprint density at radius 2 is 1.86 bits per heavy atom. The number of aromatic nitrogens is 1. The lowest BCUT2D eigenvalue weighted by Crippen LogP contribution is -2.59. The number of hydrogen-bond acceptors (Lipinski definition) is 5. The zero-order chi connectivity index (χ0) is 20.1. The number of carbonyl (C=O) groups is 2. The Balaban J connectivity index is 1.73. The van der Waals surface area contributed by atoms with Crippen molar-refractivity contribution in [2.45, 2.75) is 58.4 Å².